The van der Waals surface area contributed by atoms with Gasteiger partial charge in [-0.05, 0) is 30.3 Å². The highest BCUT2D eigenvalue weighted by Crippen LogP contribution is 2.35. The molecule has 2 rings (SSSR count). The standard InChI is InChI=1S/C13H8ClF3N2O2/c14-10-4-3-7(6-9(10)13(15,16)17)19-5-1-2-8(11(18)20)12(19)21/h1-6H,(H2,18,20). The van der Waals surface area contributed by atoms with Crippen molar-refractivity contribution >= 4 is 17.5 Å². The van der Waals surface area contributed by atoms with E-state index < -0.39 is 28.2 Å². The highest BCUT2D eigenvalue weighted by molar-refractivity contribution is 6.31. The smallest absolute Gasteiger partial charge is 0.365 e. The molecule has 0 aliphatic rings. The van der Waals surface area contributed by atoms with Gasteiger partial charge >= 0.3 is 6.18 Å². The summed E-state index contributed by atoms with van der Waals surface area (Å²) in [6, 6.07) is 5.53. The third-order valence-corrected chi connectivity index (χ3v) is 3.08. The first-order valence-corrected chi connectivity index (χ1v) is 5.98. The van der Waals surface area contributed by atoms with Gasteiger partial charge in [-0.15, -0.1) is 0 Å². The quantitative estimate of drug-likeness (QED) is 0.925. The van der Waals surface area contributed by atoms with E-state index in [1.807, 2.05) is 0 Å². The van der Waals surface area contributed by atoms with Gasteiger partial charge in [0.05, 0.1) is 10.6 Å². The van der Waals surface area contributed by atoms with Crippen LogP contribution in [0, 0.1) is 0 Å². The van der Waals surface area contributed by atoms with Crippen LogP contribution in [-0.2, 0) is 6.18 Å². The van der Waals surface area contributed by atoms with Crippen LogP contribution in [0.2, 0.25) is 5.02 Å². The molecule has 0 saturated carbocycles. The van der Waals surface area contributed by atoms with Crippen LogP contribution in [-0.4, -0.2) is 10.5 Å². The number of aromatic nitrogens is 1. The molecule has 1 aromatic carbocycles. The molecule has 0 aliphatic heterocycles. The van der Waals surface area contributed by atoms with Gasteiger partial charge in [0.15, 0.2) is 0 Å². The number of halogens is 4. The summed E-state index contributed by atoms with van der Waals surface area (Å²) in [4.78, 5) is 23.1. The Bertz CT molecular complexity index is 769. The van der Waals surface area contributed by atoms with Gasteiger partial charge in [-0.3, -0.25) is 14.2 Å². The van der Waals surface area contributed by atoms with Gasteiger partial charge in [-0.2, -0.15) is 13.2 Å². The lowest BCUT2D eigenvalue weighted by molar-refractivity contribution is -0.137. The molecule has 110 valence electrons. The van der Waals surface area contributed by atoms with Crippen LogP contribution < -0.4 is 11.3 Å². The minimum Gasteiger partial charge on any atom is -0.365 e. The Morgan fingerprint density at radius 3 is 2.48 bits per heavy atom. The Kier molecular flexibility index (Phi) is 3.78. The number of alkyl halides is 3. The predicted octanol–water partition coefficient (Wildman–Crippen LogP) is 2.61. The van der Waals surface area contributed by atoms with Crippen LogP contribution in [0.15, 0.2) is 41.3 Å². The average molecular weight is 317 g/mol. The van der Waals surface area contributed by atoms with Crippen LogP contribution in [0.25, 0.3) is 5.69 Å². The molecule has 0 spiro atoms. The summed E-state index contributed by atoms with van der Waals surface area (Å²) >= 11 is 5.51. The van der Waals surface area contributed by atoms with E-state index in [4.69, 9.17) is 17.3 Å². The molecule has 2 N–H and O–H groups in total. The van der Waals surface area contributed by atoms with Crippen molar-refractivity contribution in [2.45, 2.75) is 6.18 Å². The molecule has 1 heterocycles. The number of rotatable bonds is 2. The monoisotopic (exact) mass is 316 g/mol. The fraction of sp³-hybridized carbons (Fsp3) is 0.0769. The van der Waals surface area contributed by atoms with Crippen LogP contribution >= 0.6 is 11.6 Å². The molecule has 2 aromatic rings. The topological polar surface area (TPSA) is 65.1 Å². The molecular weight excluding hydrogens is 309 g/mol. The number of carbonyl (C=O) groups excluding carboxylic acids is 1. The van der Waals surface area contributed by atoms with Gasteiger partial charge < -0.3 is 5.73 Å². The number of nitrogens with two attached hydrogens (primary N) is 1. The van der Waals surface area contributed by atoms with Crippen LogP contribution in [0.5, 0.6) is 0 Å². The van der Waals surface area contributed by atoms with E-state index in [0.717, 1.165) is 16.7 Å². The van der Waals surface area contributed by atoms with E-state index in [0.29, 0.717) is 0 Å². The lowest BCUT2D eigenvalue weighted by Gasteiger charge is -2.12. The van der Waals surface area contributed by atoms with E-state index in [1.54, 1.807) is 0 Å². The highest BCUT2D eigenvalue weighted by atomic mass is 35.5. The van der Waals surface area contributed by atoms with Gasteiger partial charge in [0, 0.05) is 11.9 Å². The average Bonchev–Trinajstić information content (AvgIpc) is 2.38. The second kappa shape index (κ2) is 5.25. The van der Waals surface area contributed by atoms with Crippen LogP contribution in [0.3, 0.4) is 0 Å². The van der Waals surface area contributed by atoms with Crippen molar-refractivity contribution in [3.8, 4) is 5.69 Å². The van der Waals surface area contributed by atoms with E-state index in [1.165, 1.54) is 24.4 Å². The minimum atomic E-state index is -4.65. The first-order valence-electron chi connectivity index (χ1n) is 5.60. The van der Waals surface area contributed by atoms with Crippen LogP contribution in [0.1, 0.15) is 15.9 Å². The molecule has 1 aromatic heterocycles. The van der Waals surface area contributed by atoms with Gasteiger partial charge in [0.2, 0.25) is 0 Å². The maximum atomic E-state index is 12.8. The second-order valence-corrected chi connectivity index (χ2v) is 4.53. The summed E-state index contributed by atoms with van der Waals surface area (Å²) in [7, 11) is 0. The Morgan fingerprint density at radius 2 is 1.90 bits per heavy atom. The minimum absolute atomic E-state index is 0.0696. The van der Waals surface area contributed by atoms with Gasteiger partial charge in [-0.1, -0.05) is 11.6 Å². The molecule has 0 radical (unpaired) electrons. The summed E-state index contributed by atoms with van der Waals surface area (Å²) in [5.74, 6) is -0.959. The molecule has 8 heteroatoms. The zero-order valence-corrected chi connectivity index (χ0v) is 11.1. The molecule has 0 aliphatic carbocycles. The summed E-state index contributed by atoms with van der Waals surface area (Å²) in [6.07, 6.45) is -3.42. The number of primary amides is 1. The van der Waals surface area contributed by atoms with Gasteiger partial charge in [-0.25, -0.2) is 0 Å². The maximum absolute atomic E-state index is 12.8. The summed E-state index contributed by atoms with van der Waals surface area (Å²) < 4.78 is 39.3. The van der Waals surface area contributed by atoms with Crippen molar-refractivity contribution < 1.29 is 18.0 Å². The highest BCUT2D eigenvalue weighted by Gasteiger charge is 2.33. The molecule has 0 saturated heterocycles. The normalized spacial score (nSPS) is 11.4. The number of pyridine rings is 1. The molecule has 1 amide bonds. The van der Waals surface area contributed by atoms with Crippen molar-refractivity contribution in [2.24, 2.45) is 5.73 Å². The zero-order valence-electron chi connectivity index (χ0n) is 10.3. The van der Waals surface area contributed by atoms with E-state index in [2.05, 4.69) is 0 Å². The summed E-state index contributed by atoms with van der Waals surface area (Å²) in [5, 5.41) is -0.481. The van der Waals surface area contributed by atoms with Crippen LogP contribution in [0.4, 0.5) is 13.2 Å². The number of hydrogen-bond acceptors (Lipinski definition) is 2. The third-order valence-electron chi connectivity index (χ3n) is 2.75. The Morgan fingerprint density at radius 1 is 1.24 bits per heavy atom. The molecular formula is C13H8ClF3N2O2. The maximum Gasteiger partial charge on any atom is 0.417 e. The lowest BCUT2D eigenvalue weighted by Crippen LogP contribution is -2.28. The molecule has 0 atom stereocenters. The number of amides is 1. The fourth-order valence-corrected chi connectivity index (χ4v) is 1.99. The Labute approximate surface area is 121 Å². The molecule has 0 unspecified atom stereocenters. The molecule has 0 bridgehead atoms. The SMILES string of the molecule is NC(=O)c1cccn(-c2ccc(Cl)c(C(F)(F)F)c2)c1=O. The van der Waals surface area contributed by atoms with Crippen molar-refractivity contribution in [3.63, 3.8) is 0 Å². The van der Waals surface area contributed by atoms with Gasteiger partial charge in [0.25, 0.3) is 11.5 Å². The third kappa shape index (κ3) is 2.92. The zero-order chi connectivity index (χ0) is 15.8. The number of benzene rings is 1. The van der Waals surface area contributed by atoms with E-state index >= 15 is 0 Å². The van der Waals surface area contributed by atoms with Gasteiger partial charge in [0.1, 0.15) is 5.56 Å². The van der Waals surface area contributed by atoms with E-state index in [9.17, 15) is 22.8 Å². The Balaban J connectivity index is 2.67. The number of carbonyl (C=O) groups is 1. The van der Waals surface area contributed by atoms with Crippen molar-refractivity contribution in [3.05, 3.63) is 63.0 Å². The van der Waals surface area contributed by atoms with Crippen molar-refractivity contribution in [1.29, 1.82) is 0 Å². The fourth-order valence-electron chi connectivity index (χ4n) is 1.77. The molecule has 21 heavy (non-hydrogen) atoms. The van der Waals surface area contributed by atoms with Crippen molar-refractivity contribution in [2.75, 3.05) is 0 Å². The van der Waals surface area contributed by atoms with E-state index in [-0.39, 0.29) is 11.3 Å². The molecule has 4 nitrogen and oxygen atoms in total. The Hall–Kier alpha value is -2.28. The summed E-state index contributed by atoms with van der Waals surface area (Å²) in [6.45, 7) is 0. The first-order chi connectivity index (χ1) is 9.71. The van der Waals surface area contributed by atoms with Crippen molar-refractivity contribution in [1.82, 2.24) is 4.57 Å². The largest absolute Gasteiger partial charge is 0.417 e. The number of nitrogens with zero attached hydrogens (tertiary/aromatic N) is 1. The molecule has 0 fully saturated rings. The number of hydrogen-bond donors (Lipinski definition) is 1. The summed E-state index contributed by atoms with van der Waals surface area (Å²) in [5.41, 5.74) is 2.77. The second-order valence-electron chi connectivity index (χ2n) is 4.12. The first kappa shape index (κ1) is 15.1. The predicted molar refractivity (Wildman–Crippen MR) is 70.6 cm³/mol. The lowest BCUT2D eigenvalue weighted by atomic mass is 10.1.